The van der Waals surface area contributed by atoms with Gasteiger partial charge in [-0.05, 0) is 62.4 Å². The molecule has 0 aliphatic heterocycles. The minimum absolute atomic E-state index is 0.0517. The number of hydrogen-bond acceptors (Lipinski definition) is 5. The zero-order valence-electron chi connectivity index (χ0n) is 19.9. The molecular formula is C27H39N5O. The van der Waals surface area contributed by atoms with Crippen molar-refractivity contribution in [1.29, 1.82) is 0 Å². The predicted octanol–water partition coefficient (Wildman–Crippen LogP) is 5.66. The summed E-state index contributed by atoms with van der Waals surface area (Å²) in [6, 6.07) is 12.5. The monoisotopic (exact) mass is 449 g/mol. The van der Waals surface area contributed by atoms with Gasteiger partial charge in [-0.15, -0.1) is 0 Å². The Hall–Kier alpha value is -2.60. The molecule has 0 bridgehead atoms. The molecule has 1 amide bonds. The third-order valence-corrected chi connectivity index (χ3v) is 7.01. The van der Waals surface area contributed by atoms with Gasteiger partial charge in [0.25, 0.3) is 5.91 Å². The summed E-state index contributed by atoms with van der Waals surface area (Å²) in [5.41, 5.74) is 9.00. The van der Waals surface area contributed by atoms with Crippen molar-refractivity contribution in [2.45, 2.75) is 95.7 Å². The maximum Gasteiger partial charge on any atom is 0.255 e. The molecule has 2 aliphatic carbocycles. The van der Waals surface area contributed by atoms with Gasteiger partial charge in [-0.1, -0.05) is 57.1 Å². The maximum absolute atomic E-state index is 13.3. The van der Waals surface area contributed by atoms with Crippen molar-refractivity contribution in [3.63, 3.8) is 0 Å². The molecule has 33 heavy (non-hydrogen) atoms. The van der Waals surface area contributed by atoms with Gasteiger partial charge in [-0.3, -0.25) is 4.79 Å². The molecule has 0 spiro atoms. The van der Waals surface area contributed by atoms with Crippen molar-refractivity contribution in [3.05, 3.63) is 47.5 Å². The Labute approximate surface area is 198 Å². The molecule has 2 saturated carbocycles. The van der Waals surface area contributed by atoms with E-state index < -0.39 is 0 Å². The highest BCUT2D eigenvalue weighted by molar-refractivity contribution is 5.99. The van der Waals surface area contributed by atoms with E-state index in [1.54, 1.807) is 0 Å². The van der Waals surface area contributed by atoms with Gasteiger partial charge in [0.1, 0.15) is 11.6 Å². The van der Waals surface area contributed by atoms with E-state index in [0.717, 1.165) is 42.8 Å². The van der Waals surface area contributed by atoms with Gasteiger partial charge in [0.05, 0.1) is 5.56 Å². The van der Waals surface area contributed by atoms with Crippen LogP contribution in [-0.4, -0.2) is 29.0 Å². The molecule has 2 aliphatic rings. The summed E-state index contributed by atoms with van der Waals surface area (Å²) in [4.78, 5) is 18.1. The lowest BCUT2D eigenvalue weighted by molar-refractivity contribution is 0.0931. The number of nitrogens with zero attached hydrogens (tertiary/aromatic N) is 1. The number of rotatable bonds is 6. The highest BCUT2D eigenvalue weighted by atomic mass is 16.1. The number of aromatic nitrogens is 1. The Balaban J connectivity index is 1.55. The summed E-state index contributed by atoms with van der Waals surface area (Å²) in [6.45, 7) is 2.06. The number of pyridine rings is 1. The maximum atomic E-state index is 13.3. The Bertz CT molecular complexity index is 922. The second-order valence-electron chi connectivity index (χ2n) is 9.80. The smallest absolute Gasteiger partial charge is 0.255 e. The predicted molar refractivity (Wildman–Crippen MR) is 136 cm³/mol. The number of nitrogens with two attached hydrogens (primary N) is 1. The third kappa shape index (κ3) is 6.70. The quantitative estimate of drug-likeness (QED) is 0.457. The lowest BCUT2D eigenvalue weighted by Gasteiger charge is -2.30. The topological polar surface area (TPSA) is 92.1 Å². The van der Waals surface area contributed by atoms with Gasteiger partial charge in [-0.2, -0.15) is 0 Å². The average Bonchev–Trinajstić information content (AvgIpc) is 2.77. The SMILES string of the molecule is Cc1cccc(Nc2nc(NC3CCCCC3N)ccc2C(=O)NC2CCCCCCC2)c1. The highest BCUT2D eigenvalue weighted by Crippen LogP contribution is 2.26. The van der Waals surface area contributed by atoms with E-state index in [0.29, 0.717) is 11.4 Å². The molecule has 6 nitrogen and oxygen atoms in total. The van der Waals surface area contributed by atoms with Gasteiger partial charge in [0.2, 0.25) is 0 Å². The fraction of sp³-hybridized carbons (Fsp3) is 0.556. The van der Waals surface area contributed by atoms with Crippen molar-refractivity contribution in [2.24, 2.45) is 5.73 Å². The summed E-state index contributed by atoms with van der Waals surface area (Å²) >= 11 is 0. The van der Waals surface area contributed by atoms with E-state index in [1.807, 2.05) is 24.3 Å². The lowest BCUT2D eigenvalue weighted by Crippen LogP contribution is -2.42. The normalized spacial score (nSPS) is 22.1. The van der Waals surface area contributed by atoms with Gasteiger partial charge >= 0.3 is 0 Å². The first-order valence-electron chi connectivity index (χ1n) is 12.8. The average molecular weight is 450 g/mol. The second-order valence-corrected chi connectivity index (χ2v) is 9.80. The fourth-order valence-corrected chi connectivity index (χ4v) is 5.07. The Kier molecular flexibility index (Phi) is 8.21. The van der Waals surface area contributed by atoms with Crippen LogP contribution in [0.1, 0.15) is 86.6 Å². The van der Waals surface area contributed by atoms with E-state index in [9.17, 15) is 4.79 Å². The number of carbonyl (C=O) groups is 1. The van der Waals surface area contributed by atoms with Crippen LogP contribution < -0.4 is 21.7 Å². The van der Waals surface area contributed by atoms with Crippen LogP contribution in [0.25, 0.3) is 0 Å². The third-order valence-electron chi connectivity index (χ3n) is 7.01. The van der Waals surface area contributed by atoms with Crippen molar-refractivity contribution < 1.29 is 4.79 Å². The van der Waals surface area contributed by atoms with Crippen LogP contribution in [0, 0.1) is 6.92 Å². The Morgan fingerprint density at radius 1 is 0.939 bits per heavy atom. The van der Waals surface area contributed by atoms with Gasteiger partial charge in [0.15, 0.2) is 0 Å². The number of hydrogen-bond donors (Lipinski definition) is 4. The molecular weight excluding hydrogens is 410 g/mol. The summed E-state index contributed by atoms with van der Waals surface area (Å²) in [7, 11) is 0. The number of anilines is 3. The van der Waals surface area contributed by atoms with Crippen LogP contribution in [0.4, 0.5) is 17.3 Å². The molecule has 2 atom stereocenters. The van der Waals surface area contributed by atoms with E-state index in [1.165, 1.54) is 44.9 Å². The molecule has 6 heteroatoms. The fourth-order valence-electron chi connectivity index (χ4n) is 5.07. The van der Waals surface area contributed by atoms with Crippen molar-refractivity contribution in [3.8, 4) is 0 Å². The van der Waals surface area contributed by atoms with Crippen LogP contribution in [0.2, 0.25) is 0 Å². The number of amides is 1. The summed E-state index contributed by atoms with van der Waals surface area (Å²) in [5, 5.41) is 10.2. The minimum Gasteiger partial charge on any atom is -0.366 e. The summed E-state index contributed by atoms with van der Waals surface area (Å²) < 4.78 is 0. The number of nitrogens with one attached hydrogen (secondary N) is 3. The first kappa shape index (κ1) is 23.6. The van der Waals surface area contributed by atoms with E-state index in [2.05, 4.69) is 35.0 Å². The standard InChI is InChI=1S/C27H39N5O/c1-19-10-9-13-21(18-19)29-26-22(27(33)30-20-11-5-3-2-4-6-12-20)16-17-25(32-26)31-24-15-8-7-14-23(24)28/h9-10,13,16-18,20,23-24H,2-8,11-12,14-15,28H2,1H3,(H,30,33)(H2,29,31,32). The van der Waals surface area contributed by atoms with Crippen molar-refractivity contribution in [2.75, 3.05) is 10.6 Å². The molecule has 2 unspecified atom stereocenters. The van der Waals surface area contributed by atoms with Gasteiger partial charge in [0, 0.05) is 23.8 Å². The molecule has 1 aromatic carbocycles. The number of benzene rings is 1. The van der Waals surface area contributed by atoms with Gasteiger partial charge in [-0.25, -0.2) is 4.98 Å². The van der Waals surface area contributed by atoms with Crippen molar-refractivity contribution in [1.82, 2.24) is 10.3 Å². The van der Waals surface area contributed by atoms with E-state index in [-0.39, 0.29) is 24.0 Å². The molecule has 0 saturated heterocycles. The Morgan fingerprint density at radius 2 is 1.67 bits per heavy atom. The largest absolute Gasteiger partial charge is 0.366 e. The second kappa shape index (κ2) is 11.5. The van der Waals surface area contributed by atoms with E-state index in [4.69, 9.17) is 10.7 Å². The van der Waals surface area contributed by atoms with E-state index >= 15 is 0 Å². The molecule has 1 heterocycles. The zero-order valence-corrected chi connectivity index (χ0v) is 19.9. The molecule has 1 aromatic heterocycles. The Morgan fingerprint density at radius 3 is 2.42 bits per heavy atom. The van der Waals surface area contributed by atoms with Crippen LogP contribution in [0.3, 0.4) is 0 Å². The van der Waals surface area contributed by atoms with Crippen LogP contribution in [-0.2, 0) is 0 Å². The first-order valence-corrected chi connectivity index (χ1v) is 12.8. The highest BCUT2D eigenvalue weighted by Gasteiger charge is 2.23. The minimum atomic E-state index is -0.0517. The first-order chi connectivity index (χ1) is 16.1. The molecule has 0 radical (unpaired) electrons. The van der Waals surface area contributed by atoms with Gasteiger partial charge < -0.3 is 21.7 Å². The number of aryl methyl sites for hydroxylation is 1. The van der Waals surface area contributed by atoms with Crippen LogP contribution >= 0.6 is 0 Å². The zero-order chi connectivity index (χ0) is 23.0. The van der Waals surface area contributed by atoms with Crippen LogP contribution in [0.15, 0.2) is 36.4 Å². The molecule has 178 valence electrons. The molecule has 4 rings (SSSR count). The lowest BCUT2D eigenvalue weighted by atomic mass is 9.91. The molecule has 2 aromatic rings. The van der Waals surface area contributed by atoms with Crippen LogP contribution in [0.5, 0.6) is 0 Å². The molecule has 5 N–H and O–H groups in total. The summed E-state index contributed by atoms with van der Waals surface area (Å²) in [6.07, 6.45) is 12.8. The van der Waals surface area contributed by atoms with Crippen molar-refractivity contribution >= 4 is 23.2 Å². The molecule has 2 fully saturated rings. The summed E-state index contributed by atoms with van der Waals surface area (Å²) in [5.74, 6) is 1.29. The number of carbonyl (C=O) groups excluding carboxylic acids is 1.